The standard InChI is InChI=1S/C19H24N2O3S/c22-25(23,16-17-6-2-1-3-7-17)20-14-18-8-4-5-9-19(18)15-21-10-12-24-13-11-21/h1-9,20H,10-16H2. The summed E-state index contributed by atoms with van der Waals surface area (Å²) in [7, 11) is -3.37. The number of nitrogens with one attached hydrogen (secondary N) is 1. The van der Waals surface area contributed by atoms with Crippen LogP contribution in [-0.4, -0.2) is 39.6 Å². The summed E-state index contributed by atoms with van der Waals surface area (Å²) in [5.41, 5.74) is 2.97. The van der Waals surface area contributed by atoms with Crippen LogP contribution >= 0.6 is 0 Å². The summed E-state index contributed by atoms with van der Waals surface area (Å²) >= 11 is 0. The Kier molecular flexibility index (Phi) is 6.20. The van der Waals surface area contributed by atoms with E-state index in [1.807, 2.05) is 48.5 Å². The molecule has 134 valence electrons. The largest absolute Gasteiger partial charge is 0.379 e. The summed E-state index contributed by atoms with van der Waals surface area (Å²) in [6.07, 6.45) is 0. The molecule has 0 unspecified atom stereocenters. The Balaban J connectivity index is 1.62. The predicted octanol–water partition coefficient (Wildman–Crippen LogP) is 2.14. The van der Waals surface area contributed by atoms with Gasteiger partial charge in [0.2, 0.25) is 10.0 Å². The lowest BCUT2D eigenvalue weighted by Gasteiger charge is -2.27. The number of hydrogen-bond donors (Lipinski definition) is 1. The predicted molar refractivity (Wildman–Crippen MR) is 98.4 cm³/mol. The molecule has 5 nitrogen and oxygen atoms in total. The van der Waals surface area contributed by atoms with Crippen LogP contribution in [0.5, 0.6) is 0 Å². The summed E-state index contributed by atoms with van der Waals surface area (Å²) in [5.74, 6) is -0.000525. The van der Waals surface area contributed by atoms with Gasteiger partial charge in [0.1, 0.15) is 0 Å². The van der Waals surface area contributed by atoms with E-state index in [4.69, 9.17) is 4.74 Å². The number of ether oxygens (including phenoxy) is 1. The fraction of sp³-hybridized carbons (Fsp3) is 0.368. The van der Waals surface area contributed by atoms with Gasteiger partial charge in [0.25, 0.3) is 0 Å². The molecule has 1 fully saturated rings. The maximum Gasteiger partial charge on any atom is 0.216 e. The molecule has 0 bridgehead atoms. The van der Waals surface area contributed by atoms with Crippen molar-refractivity contribution in [2.24, 2.45) is 0 Å². The Labute approximate surface area is 149 Å². The minimum atomic E-state index is -3.37. The molecule has 3 rings (SSSR count). The van der Waals surface area contributed by atoms with Crippen molar-refractivity contribution in [1.29, 1.82) is 0 Å². The molecule has 0 aliphatic carbocycles. The lowest BCUT2D eigenvalue weighted by molar-refractivity contribution is 0.0341. The Bertz CT molecular complexity index is 772. The third-order valence-corrected chi connectivity index (χ3v) is 5.60. The molecule has 2 aromatic carbocycles. The van der Waals surface area contributed by atoms with Crippen LogP contribution in [0.4, 0.5) is 0 Å². The average molecular weight is 360 g/mol. The van der Waals surface area contributed by atoms with Gasteiger partial charge < -0.3 is 4.74 Å². The van der Waals surface area contributed by atoms with Gasteiger partial charge in [-0.05, 0) is 16.7 Å². The van der Waals surface area contributed by atoms with Crippen LogP contribution in [0.3, 0.4) is 0 Å². The molecule has 0 radical (unpaired) electrons. The summed E-state index contributed by atoms with van der Waals surface area (Å²) in [6, 6.07) is 17.2. The van der Waals surface area contributed by atoms with E-state index in [2.05, 4.69) is 15.7 Å². The van der Waals surface area contributed by atoms with Gasteiger partial charge in [-0.2, -0.15) is 0 Å². The van der Waals surface area contributed by atoms with Gasteiger partial charge >= 0.3 is 0 Å². The molecule has 0 saturated carbocycles. The third kappa shape index (κ3) is 5.64. The number of morpholine rings is 1. The number of sulfonamides is 1. The van der Waals surface area contributed by atoms with Crippen LogP contribution in [0.25, 0.3) is 0 Å². The molecule has 2 aromatic rings. The highest BCUT2D eigenvalue weighted by Gasteiger charge is 2.15. The SMILES string of the molecule is O=S(=O)(Cc1ccccc1)NCc1ccccc1CN1CCOCC1. The van der Waals surface area contributed by atoms with Crippen molar-refractivity contribution in [2.75, 3.05) is 26.3 Å². The summed E-state index contributed by atoms with van der Waals surface area (Å²) < 4.78 is 32.8. The molecule has 25 heavy (non-hydrogen) atoms. The van der Waals surface area contributed by atoms with Crippen LogP contribution in [-0.2, 0) is 33.6 Å². The molecule has 0 aromatic heterocycles. The molecule has 0 atom stereocenters. The average Bonchev–Trinajstić information content (AvgIpc) is 2.62. The van der Waals surface area contributed by atoms with Crippen molar-refractivity contribution < 1.29 is 13.2 Å². The number of rotatable bonds is 7. The lowest BCUT2D eigenvalue weighted by Crippen LogP contribution is -2.36. The number of hydrogen-bond acceptors (Lipinski definition) is 4. The van der Waals surface area contributed by atoms with Crippen molar-refractivity contribution in [3.63, 3.8) is 0 Å². The Morgan fingerprint density at radius 2 is 1.56 bits per heavy atom. The van der Waals surface area contributed by atoms with Gasteiger partial charge in [-0.25, -0.2) is 13.1 Å². The van der Waals surface area contributed by atoms with Gasteiger partial charge in [0.15, 0.2) is 0 Å². The first-order valence-electron chi connectivity index (χ1n) is 8.50. The zero-order valence-electron chi connectivity index (χ0n) is 14.2. The summed E-state index contributed by atoms with van der Waals surface area (Å²) in [6.45, 7) is 4.47. The smallest absolute Gasteiger partial charge is 0.216 e. The van der Waals surface area contributed by atoms with Crippen molar-refractivity contribution in [1.82, 2.24) is 9.62 Å². The molecular weight excluding hydrogens is 336 g/mol. The van der Waals surface area contributed by atoms with E-state index in [0.717, 1.165) is 49.5 Å². The lowest BCUT2D eigenvalue weighted by atomic mass is 10.1. The van der Waals surface area contributed by atoms with Crippen molar-refractivity contribution in [3.8, 4) is 0 Å². The fourth-order valence-corrected chi connectivity index (χ4v) is 4.03. The minimum absolute atomic E-state index is 0.000525. The van der Waals surface area contributed by atoms with Gasteiger partial charge in [-0.15, -0.1) is 0 Å². The van der Waals surface area contributed by atoms with Crippen molar-refractivity contribution in [3.05, 3.63) is 71.3 Å². The molecule has 1 N–H and O–H groups in total. The summed E-state index contributed by atoms with van der Waals surface area (Å²) in [5, 5.41) is 0. The molecule has 1 aliphatic rings. The van der Waals surface area contributed by atoms with E-state index < -0.39 is 10.0 Å². The van der Waals surface area contributed by atoms with E-state index in [-0.39, 0.29) is 5.75 Å². The maximum atomic E-state index is 12.3. The normalized spacial score (nSPS) is 16.0. The highest BCUT2D eigenvalue weighted by molar-refractivity contribution is 7.88. The topological polar surface area (TPSA) is 58.6 Å². The third-order valence-electron chi connectivity index (χ3n) is 4.30. The minimum Gasteiger partial charge on any atom is -0.379 e. The Morgan fingerprint density at radius 1 is 0.920 bits per heavy atom. The molecule has 0 spiro atoms. The van der Waals surface area contributed by atoms with Gasteiger partial charge in [-0.3, -0.25) is 4.90 Å². The quantitative estimate of drug-likeness (QED) is 0.822. The second-order valence-electron chi connectivity index (χ2n) is 6.22. The van der Waals surface area contributed by atoms with Crippen LogP contribution < -0.4 is 4.72 Å². The molecular formula is C19H24N2O3S. The highest BCUT2D eigenvalue weighted by atomic mass is 32.2. The second-order valence-corrected chi connectivity index (χ2v) is 8.03. The van der Waals surface area contributed by atoms with Gasteiger partial charge in [0.05, 0.1) is 19.0 Å². The van der Waals surface area contributed by atoms with Crippen molar-refractivity contribution >= 4 is 10.0 Å². The first-order chi connectivity index (χ1) is 12.1. The van der Waals surface area contributed by atoms with E-state index in [1.165, 1.54) is 0 Å². The first-order valence-corrected chi connectivity index (χ1v) is 10.2. The van der Waals surface area contributed by atoms with Crippen molar-refractivity contribution in [2.45, 2.75) is 18.8 Å². The monoisotopic (exact) mass is 360 g/mol. The van der Waals surface area contributed by atoms with E-state index in [1.54, 1.807) is 0 Å². The van der Waals surface area contributed by atoms with E-state index in [9.17, 15) is 8.42 Å². The molecule has 0 amide bonds. The van der Waals surface area contributed by atoms with E-state index >= 15 is 0 Å². The zero-order valence-corrected chi connectivity index (χ0v) is 15.0. The zero-order chi connectivity index (χ0) is 17.5. The Hall–Kier alpha value is -1.73. The molecule has 1 saturated heterocycles. The van der Waals surface area contributed by atoms with E-state index in [0.29, 0.717) is 6.54 Å². The number of benzene rings is 2. The molecule has 1 aliphatic heterocycles. The summed E-state index contributed by atoms with van der Waals surface area (Å²) in [4.78, 5) is 2.33. The van der Waals surface area contributed by atoms with Crippen LogP contribution in [0.1, 0.15) is 16.7 Å². The van der Waals surface area contributed by atoms with Crippen LogP contribution in [0, 0.1) is 0 Å². The first kappa shape index (κ1) is 18.1. The fourth-order valence-electron chi connectivity index (χ4n) is 2.92. The Morgan fingerprint density at radius 3 is 2.28 bits per heavy atom. The molecule has 6 heteroatoms. The second kappa shape index (κ2) is 8.58. The number of nitrogens with zero attached hydrogens (tertiary/aromatic N) is 1. The van der Waals surface area contributed by atoms with Crippen LogP contribution in [0.15, 0.2) is 54.6 Å². The maximum absolute atomic E-state index is 12.3. The van der Waals surface area contributed by atoms with Gasteiger partial charge in [-0.1, -0.05) is 54.6 Å². The van der Waals surface area contributed by atoms with Crippen LogP contribution in [0.2, 0.25) is 0 Å². The highest BCUT2D eigenvalue weighted by Crippen LogP contribution is 2.14. The van der Waals surface area contributed by atoms with Gasteiger partial charge in [0, 0.05) is 26.2 Å². The molecule has 1 heterocycles.